The average Bonchev–Trinajstić information content (AvgIpc) is 3.18. The van der Waals surface area contributed by atoms with Crippen molar-refractivity contribution in [3.8, 4) is 28.2 Å². The fourth-order valence-electron chi connectivity index (χ4n) is 2.39. The Bertz CT molecular complexity index is 844. The van der Waals surface area contributed by atoms with Crippen molar-refractivity contribution >= 4 is 11.3 Å². The van der Waals surface area contributed by atoms with Crippen LogP contribution >= 0.6 is 11.3 Å². The number of thiazole rings is 1. The maximum absolute atomic E-state index is 10.2. The van der Waals surface area contributed by atoms with E-state index < -0.39 is 11.7 Å². The van der Waals surface area contributed by atoms with Gasteiger partial charge in [0.25, 0.3) is 5.89 Å². The van der Waals surface area contributed by atoms with Crippen molar-refractivity contribution < 1.29 is 14.4 Å². The molecule has 0 saturated heterocycles. The van der Waals surface area contributed by atoms with Crippen LogP contribution in [0.5, 0.6) is 5.88 Å². The quantitative estimate of drug-likeness (QED) is 0.770. The van der Waals surface area contributed by atoms with Crippen LogP contribution < -0.4 is 4.74 Å². The van der Waals surface area contributed by atoms with Crippen molar-refractivity contribution in [1.29, 1.82) is 0 Å². The number of fused-ring (bicyclic) bond motifs is 1. The molecule has 4 heterocycles. The molecule has 1 unspecified atom stereocenters. The number of hydrogen-bond acceptors (Lipinski definition) is 8. The highest BCUT2D eigenvalue weighted by Gasteiger charge is 2.36. The predicted octanol–water partition coefficient (Wildman–Crippen LogP) is 2.33. The summed E-state index contributed by atoms with van der Waals surface area (Å²) in [7, 11) is 0. The normalized spacial score (nSPS) is 19.2. The van der Waals surface area contributed by atoms with Gasteiger partial charge in [-0.3, -0.25) is 0 Å². The third kappa shape index (κ3) is 2.49. The van der Waals surface area contributed by atoms with Crippen molar-refractivity contribution in [3.63, 3.8) is 0 Å². The molecule has 23 heavy (non-hydrogen) atoms. The van der Waals surface area contributed by atoms with Crippen molar-refractivity contribution in [2.75, 3.05) is 0 Å². The maximum atomic E-state index is 10.2. The third-order valence-electron chi connectivity index (χ3n) is 3.80. The van der Waals surface area contributed by atoms with Crippen molar-refractivity contribution in [2.45, 2.75) is 32.0 Å². The number of nitrogens with zero attached hydrogens (tertiary/aromatic N) is 4. The van der Waals surface area contributed by atoms with Crippen molar-refractivity contribution in [3.05, 3.63) is 29.4 Å². The molecular formula is C15H14N4O3S. The Hall–Kier alpha value is -2.32. The van der Waals surface area contributed by atoms with E-state index in [2.05, 4.69) is 20.1 Å². The second-order valence-electron chi connectivity index (χ2n) is 5.87. The van der Waals surface area contributed by atoms with Crippen LogP contribution in [0.2, 0.25) is 0 Å². The molecule has 1 aliphatic heterocycles. The van der Waals surface area contributed by atoms with Gasteiger partial charge in [0, 0.05) is 29.8 Å². The Morgan fingerprint density at radius 1 is 1.35 bits per heavy atom. The molecule has 0 bridgehead atoms. The highest BCUT2D eigenvalue weighted by Crippen LogP contribution is 2.34. The van der Waals surface area contributed by atoms with Crippen LogP contribution in [0, 0.1) is 0 Å². The fraction of sp³-hybridized carbons (Fsp3) is 0.333. The Balaban J connectivity index is 1.68. The minimum atomic E-state index is -0.649. The number of rotatable bonds is 2. The Morgan fingerprint density at radius 2 is 2.22 bits per heavy atom. The van der Waals surface area contributed by atoms with E-state index in [0.717, 1.165) is 5.56 Å². The van der Waals surface area contributed by atoms with E-state index in [1.165, 1.54) is 11.3 Å². The highest BCUT2D eigenvalue weighted by molar-refractivity contribution is 7.12. The van der Waals surface area contributed by atoms with E-state index in [1.807, 2.05) is 25.3 Å². The fourth-order valence-corrected chi connectivity index (χ4v) is 2.95. The van der Waals surface area contributed by atoms with Gasteiger partial charge in [-0.05, 0) is 19.9 Å². The number of aliphatic hydroxyl groups is 1. The Morgan fingerprint density at radius 3 is 3.00 bits per heavy atom. The summed E-state index contributed by atoms with van der Waals surface area (Å²) >= 11 is 1.44. The molecule has 0 amide bonds. The Kier molecular flexibility index (Phi) is 3.17. The monoisotopic (exact) mass is 330 g/mol. The predicted molar refractivity (Wildman–Crippen MR) is 83.1 cm³/mol. The maximum Gasteiger partial charge on any atom is 0.259 e. The summed E-state index contributed by atoms with van der Waals surface area (Å²) in [5.41, 5.74) is 0.863. The summed E-state index contributed by atoms with van der Waals surface area (Å²) in [6, 6.07) is 1.86. The molecule has 0 radical (unpaired) electrons. The van der Waals surface area contributed by atoms with Gasteiger partial charge in [0.05, 0.1) is 11.7 Å². The van der Waals surface area contributed by atoms with Crippen LogP contribution in [0.4, 0.5) is 0 Å². The van der Waals surface area contributed by atoms with Gasteiger partial charge in [-0.1, -0.05) is 5.16 Å². The van der Waals surface area contributed by atoms with E-state index in [4.69, 9.17) is 9.26 Å². The van der Waals surface area contributed by atoms with Gasteiger partial charge < -0.3 is 14.4 Å². The lowest BCUT2D eigenvalue weighted by molar-refractivity contribution is -0.0442. The lowest BCUT2D eigenvalue weighted by Crippen LogP contribution is -2.46. The topological polar surface area (TPSA) is 94.2 Å². The molecule has 1 N–H and O–H groups in total. The molecule has 0 spiro atoms. The molecule has 0 aromatic carbocycles. The van der Waals surface area contributed by atoms with E-state index in [0.29, 0.717) is 34.6 Å². The first-order chi connectivity index (χ1) is 11.0. The summed E-state index contributed by atoms with van der Waals surface area (Å²) in [5, 5.41) is 16.7. The summed E-state index contributed by atoms with van der Waals surface area (Å²) in [5.74, 6) is 1.35. The van der Waals surface area contributed by atoms with Gasteiger partial charge in [0.2, 0.25) is 11.7 Å². The summed E-state index contributed by atoms with van der Waals surface area (Å²) in [6.07, 6.45) is 3.19. The van der Waals surface area contributed by atoms with E-state index in [-0.39, 0.29) is 0 Å². The second-order valence-corrected chi connectivity index (χ2v) is 6.77. The molecule has 1 atom stereocenters. The van der Waals surface area contributed by atoms with Gasteiger partial charge in [0.15, 0.2) is 5.01 Å². The molecule has 118 valence electrons. The average molecular weight is 330 g/mol. The zero-order chi connectivity index (χ0) is 16.0. The van der Waals surface area contributed by atoms with Crippen LogP contribution in [0.25, 0.3) is 22.3 Å². The first-order valence-electron chi connectivity index (χ1n) is 7.13. The molecule has 0 aliphatic carbocycles. The van der Waals surface area contributed by atoms with Crippen molar-refractivity contribution in [2.24, 2.45) is 0 Å². The minimum Gasteiger partial charge on any atom is -0.469 e. The van der Waals surface area contributed by atoms with Crippen LogP contribution in [0.3, 0.4) is 0 Å². The lowest BCUT2D eigenvalue weighted by atomic mass is 9.92. The molecule has 0 fully saturated rings. The van der Waals surface area contributed by atoms with E-state index >= 15 is 0 Å². The minimum absolute atomic E-state index is 0.366. The zero-order valence-corrected chi connectivity index (χ0v) is 13.4. The van der Waals surface area contributed by atoms with E-state index in [9.17, 15) is 5.11 Å². The van der Waals surface area contributed by atoms with Crippen LogP contribution in [-0.4, -0.2) is 36.9 Å². The highest BCUT2D eigenvalue weighted by atomic mass is 32.1. The number of hydrogen-bond donors (Lipinski definition) is 1. The molecule has 7 nitrogen and oxygen atoms in total. The smallest absolute Gasteiger partial charge is 0.259 e. The van der Waals surface area contributed by atoms with Crippen LogP contribution in [0.15, 0.2) is 28.4 Å². The molecular weight excluding hydrogens is 316 g/mol. The lowest BCUT2D eigenvalue weighted by Gasteiger charge is -2.36. The van der Waals surface area contributed by atoms with E-state index in [1.54, 1.807) is 12.4 Å². The van der Waals surface area contributed by atoms with Gasteiger partial charge in [-0.2, -0.15) is 4.98 Å². The number of ether oxygens (including phenoxy) is 1. The molecule has 4 rings (SSSR count). The molecule has 1 aliphatic rings. The molecule has 3 aromatic rings. The first kappa shape index (κ1) is 14.3. The molecule has 3 aromatic heterocycles. The second kappa shape index (κ2) is 5.10. The molecule has 0 saturated carbocycles. The number of aromatic nitrogens is 4. The molecule has 8 heteroatoms. The summed E-state index contributed by atoms with van der Waals surface area (Å²) in [6.45, 7) is 3.68. The number of aliphatic hydroxyl groups excluding tert-OH is 1. The summed E-state index contributed by atoms with van der Waals surface area (Å²) in [4.78, 5) is 12.8. The van der Waals surface area contributed by atoms with Gasteiger partial charge in [-0.25, -0.2) is 9.97 Å². The zero-order valence-electron chi connectivity index (χ0n) is 12.6. The van der Waals surface area contributed by atoms with Gasteiger partial charge in [0.1, 0.15) is 5.60 Å². The summed E-state index contributed by atoms with van der Waals surface area (Å²) < 4.78 is 11.0. The number of pyridine rings is 1. The van der Waals surface area contributed by atoms with Gasteiger partial charge in [-0.15, -0.1) is 11.3 Å². The standard InChI is InChI=1S/C15H14N4O3S/c1-15(2)10(20)6-8-5-9(7-17-12(8)21-15)13-18-11(19-22-13)14-16-3-4-23-14/h3-5,7,10,20H,6H2,1-2H3. The van der Waals surface area contributed by atoms with Crippen LogP contribution in [0.1, 0.15) is 19.4 Å². The Labute approximate surface area is 136 Å². The largest absolute Gasteiger partial charge is 0.469 e. The first-order valence-corrected chi connectivity index (χ1v) is 8.01. The van der Waals surface area contributed by atoms with Crippen LogP contribution in [-0.2, 0) is 6.42 Å². The van der Waals surface area contributed by atoms with Crippen molar-refractivity contribution in [1.82, 2.24) is 20.1 Å². The SMILES string of the molecule is CC1(C)Oc2ncc(-c3nc(-c4nccs4)no3)cc2CC1O. The van der Waals surface area contributed by atoms with Gasteiger partial charge >= 0.3 is 0 Å². The third-order valence-corrected chi connectivity index (χ3v) is 4.57.